The van der Waals surface area contributed by atoms with Gasteiger partial charge in [-0.2, -0.15) is 5.26 Å². The smallest absolute Gasteiger partial charge is 0.242 e. The lowest BCUT2D eigenvalue weighted by Gasteiger charge is -2.14. The van der Waals surface area contributed by atoms with E-state index in [1.165, 1.54) is 0 Å². The van der Waals surface area contributed by atoms with Crippen molar-refractivity contribution in [2.45, 2.75) is 6.42 Å². The van der Waals surface area contributed by atoms with Crippen LogP contribution in [0.3, 0.4) is 0 Å². The molecule has 0 aliphatic carbocycles. The Balaban J connectivity index is 2.16. The van der Waals surface area contributed by atoms with E-state index in [4.69, 9.17) is 9.47 Å². The van der Waals surface area contributed by atoms with Crippen molar-refractivity contribution >= 4 is 11.6 Å². The van der Waals surface area contributed by atoms with Gasteiger partial charge in [-0.15, -0.1) is 0 Å². The monoisotopic (exact) mass is 310 g/mol. The van der Waals surface area contributed by atoms with Crippen LogP contribution in [0.4, 0.5) is 5.69 Å². The van der Waals surface area contributed by atoms with Crippen molar-refractivity contribution in [1.29, 1.82) is 5.26 Å². The highest BCUT2D eigenvalue weighted by Gasteiger charge is 2.21. The maximum atomic E-state index is 12.3. The standard InChI is InChI=1S/C18H18N2O3/c1-22-16-8-9-17(23-2)13(11-16)10-14(12-19)18(21)20-15-6-4-3-5-7-15/h3-9,11,14H,10H2,1-2H3,(H,20,21)/t14-/m1/s1. The van der Waals surface area contributed by atoms with Gasteiger partial charge in [0.05, 0.1) is 20.3 Å². The predicted molar refractivity (Wildman–Crippen MR) is 87.4 cm³/mol. The molecule has 1 atom stereocenters. The number of ether oxygens (including phenoxy) is 2. The quantitative estimate of drug-likeness (QED) is 0.890. The van der Waals surface area contributed by atoms with Gasteiger partial charge in [-0.25, -0.2) is 0 Å². The summed E-state index contributed by atoms with van der Waals surface area (Å²) in [6, 6.07) is 16.4. The van der Waals surface area contributed by atoms with Crippen LogP contribution < -0.4 is 14.8 Å². The van der Waals surface area contributed by atoms with Crippen molar-refractivity contribution in [2.24, 2.45) is 5.92 Å². The number of anilines is 1. The fourth-order valence-corrected chi connectivity index (χ4v) is 2.21. The summed E-state index contributed by atoms with van der Waals surface area (Å²) in [4.78, 5) is 12.3. The minimum atomic E-state index is -0.823. The highest BCUT2D eigenvalue weighted by Crippen LogP contribution is 2.26. The Morgan fingerprint density at radius 2 is 1.91 bits per heavy atom. The predicted octanol–water partition coefficient (Wildman–Crippen LogP) is 3.02. The van der Waals surface area contributed by atoms with Gasteiger partial charge < -0.3 is 14.8 Å². The number of nitrogens with one attached hydrogen (secondary N) is 1. The maximum Gasteiger partial charge on any atom is 0.242 e. The second-order valence-corrected chi connectivity index (χ2v) is 4.92. The first-order valence-electron chi connectivity index (χ1n) is 7.14. The van der Waals surface area contributed by atoms with Crippen LogP contribution >= 0.6 is 0 Å². The number of methoxy groups -OCH3 is 2. The molecule has 0 fully saturated rings. The summed E-state index contributed by atoms with van der Waals surface area (Å²) in [5.74, 6) is 0.110. The minimum absolute atomic E-state index is 0.246. The Bertz CT molecular complexity index is 708. The van der Waals surface area contributed by atoms with Crippen LogP contribution in [0, 0.1) is 17.2 Å². The molecule has 0 saturated heterocycles. The van der Waals surface area contributed by atoms with Crippen LogP contribution in [0.5, 0.6) is 11.5 Å². The van der Waals surface area contributed by atoms with Gasteiger partial charge in [0.25, 0.3) is 0 Å². The minimum Gasteiger partial charge on any atom is -0.497 e. The fourth-order valence-electron chi connectivity index (χ4n) is 2.21. The summed E-state index contributed by atoms with van der Waals surface area (Å²) in [5.41, 5.74) is 1.41. The molecule has 5 nitrogen and oxygen atoms in total. The summed E-state index contributed by atoms with van der Waals surface area (Å²) < 4.78 is 10.5. The molecule has 0 aliphatic rings. The van der Waals surface area contributed by atoms with E-state index in [2.05, 4.69) is 11.4 Å². The fraction of sp³-hybridized carbons (Fsp3) is 0.222. The van der Waals surface area contributed by atoms with Crippen LogP contribution in [0.1, 0.15) is 5.56 Å². The molecule has 23 heavy (non-hydrogen) atoms. The molecule has 0 aromatic heterocycles. The Kier molecular flexibility index (Phi) is 5.59. The van der Waals surface area contributed by atoms with E-state index in [-0.39, 0.29) is 12.3 Å². The van der Waals surface area contributed by atoms with E-state index in [1.807, 2.05) is 18.2 Å². The van der Waals surface area contributed by atoms with Crippen molar-refractivity contribution in [1.82, 2.24) is 0 Å². The molecule has 0 radical (unpaired) electrons. The molecule has 0 unspecified atom stereocenters. The Morgan fingerprint density at radius 3 is 2.52 bits per heavy atom. The van der Waals surface area contributed by atoms with Crippen molar-refractivity contribution in [3.05, 3.63) is 54.1 Å². The van der Waals surface area contributed by atoms with Crippen LogP contribution in [-0.2, 0) is 11.2 Å². The van der Waals surface area contributed by atoms with E-state index in [9.17, 15) is 10.1 Å². The molecule has 0 bridgehead atoms. The second kappa shape index (κ2) is 7.85. The zero-order valence-electron chi connectivity index (χ0n) is 13.1. The zero-order valence-corrected chi connectivity index (χ0v) is 13.1. The third-order valence-corrected chi connectivity index (χ3v) is 3.43. The summed E-state index contributed by atoms with van der Waals surface area (Å²) in [7, 11) is 3.12. The van der Waals surface area contributed by atoms with Crippen LogP contribution in [0.25, 0.3) is 0 Å². The maximum absolute atomic E-state index is 12.3. The summed E-state index contributed by atoms with van der Waals surface area (Å²) in [6.07, 6.45) is 0.246. The second-order valence-electron chi connectivity index (χ2n) is 4.92. The van der Waals surface area contributed by atoms with Crippen molar-refractivity contribution in [3.8, 4) is 17.6 Å². The van der Waals surface area contributed by atoms with E-state index in [0.29, 0.717) is 17.2 Å². The first-order chi connectivity index (χ1) is 11.2. The van der Waals surface area contributed by atoms with Crippen molar-refractivity contribution in [3.63, 3.8) is 0 Å². The first kappa shape index (κ1) is 16.4. The number of nitrogens with zero attached hydrogens (tertiary/aromatic N) is 1. The number of hydrogen-bond acceptors (Lipinski definition) is 4. The van der Waals surface area contributed by atoms with E-state index < -0.39 is 5.92 Å². The molecule has 1 amide bonds. The highest BCUT2D eigenvalue weighted by atomic mass is 16.5. The SMILES string of the molecule is COc1ccc(OC)c(C[C@H](C#N)C(=O)Nc2ccccc2)c1. The van der Waals surface area contributed by atoms with Crippen molar-refractivity contribution in [2.75, 3.05) is 19.5 Å². The third-order valence-electron chi connectivity index (χ3n) is 3.43. The Labute approximate surface area is 135 Å². The van der Waals surface area contributed by atoms with Gasteiger partial charge in [-0.05, 0) is 35.9 Å². The van der Waals surface area contributed by atoms with Gasteiger partial charge in [0.1, 0.15) is 17.4 Å². The number of rotatable bonds is 6. The van der Waals surface area contributed by atoms with Gasteiger partial charge in [0.2, 0.25) is 5.91 Å². The average Bonchev–Trinajstić information content (AvgIpc) is 2.60. The molecule has 0 saturated carbocycles. The van der Waals surface area contributed by atoms with Gasteiger partial charge >= 0.3 is 0 Å². The molecule has 2 rings (SSSR count). The molecule has 0 heterocycles. The first-order valence-corrected chi connectivity index (χ1v) is 7.14. The number of amides is 1. The molecule has 0 aliphatic heterocycles. The number of nitriles is 1. The molecule has 118 valence electrons. The summed E-state index contributed by atoms with van der Waals surface area (Å²) in [6.45, 7) is 0. The number of carbonyl (C=O) groups excluding carboxylic acids is 1. The van der Waals surface area contributed by atoms with Crippen LogP contribution in [0.15, 0.2) is 48.5 Å². The lowest BCUT2D eigenvalue weighted by atomic mass is 9.98. The third kappa shape index (κ3) is 4.24. The largest absolute Gasteiger partial charge is 0.497 e. The van der Waals surface area contributed by atoms with Crippen LogP contribution in [-0.4, -0.2) is 20.1 Å². The van der Waals surface area contributed by atoms with Crippen molar-refractivity contribution < 1.29 is 14.3 Å². The average molecular weight is 310 g/mol. The molecular weight excluding hydrogens is 292 g/mol. The van der Waals surface area contributed by atoms with Gasteiger partial charge in [0, 0.05) is 12.1 Å². The van der Waals surface area contributed by atoms with Gasteiger partial charge in [0.15, 0.2) is 0 Å². The lowest BCUT2D eigenvalue weighted by Crippen LogP contribution is -2.23. The number of hydrogen-bond donors (Lipinski definition) is 1. The molecule has 1 N–H and O–H groups in total. The molecule has 2 aromatic rings. The Morgan fingerprint density at radius 1 is 1.17 bits per heavy atom. The number of carbonyl (C=O) groups is 1. The Hall–Kier alpha value is -3.00. The molecule has 0 spiro atoms. The lowest BCUT2D eigenvalue weighted by molar-refractivity contribution is -0.118. The molecule has 2 aromatic carbocycles. The molecular formula is C18H18N2O3. The van der Waals surface area contributed by atoms with E-state index >= 15 is 0 Å². The zero-order chi connectivity index (χ0) is 16.7. The highest BCUT2D eigenvalue weighted by molar-refractivity contribution is 5.94. The number of para-hydroxylation sites is 1. The van der Waals surface area contributed by atoms with E-state index in [0.717, 1.165) is 5.56 Å². The number of benzene rings is 2. The summed E-state index contributed by atoms with van der Waals surface area (Å²) >= 11 is 0. The van der Waals surface area contributed by atoms with Gasteiger partial charge in [-0.3, -0.25) is 4.79 Å². The topological polar surface area (TPSA) is 71.3 Å². The van der Waals surface area contributed by atoms with Gasteiger partial charge in [-0.1, -0.05) is 18.2 Å². The molecule has 5 heteroatoms. The van der Waals surface area contributed by atoms with E-state index in [1.54, 1.807) is 44.6 Å². The summed E-state index contributed by atoms with van der Waals surface area (Å²) in [5, 5.41) is 12.1. The van der Waals surface area contributed by atoms with Crippen LogP contribution in [0.2, 0.25) is 0 Å². The normalized spacial score (nSPS) is 11.2.